The Hall–Kier alpha value is -2.61. The van der Waals surface area contributed by atoms with Crippen LogP contribution in [0.3, 0.4) is 0 Å². The fraction of sp³-hybridized carbons (Fsp3) is 0.471. The number of aromatic nitrogens is 3. The van der Waals surface area contributed by atoms with Crippen LogP contribution in [-0.4, -0.2) is 59.9 Å². The molecule has 0 spiro atoms. The molecule has 8 nitrogen and oxygen atoms in total. The van der Waals surface area contributed by atoms with Crippen LogP contribution in [0.4, 0.5) is 0 Å². The molecular weight excluding hydrogens is 318 g/mol. The second-order valence-corrected chi connectivity index (χ2v) is 5.88. The van der Waals surface area contributed by atoms with Crippen LogP contribution in [0.15, 0.2) is 35.6 Å². The van der Waals surface area contributed by atoms with E-state index in [4.69, 9.17) is 4.74 Å². The molecule has 25 heavy (non-hydrogen) atoms. The van der Waals surface area contributed by atoms with Crippen molar-refractivity contribution in [3.8, 4) is 5.75 Å². The van der Waals surface area contributed by atoms with E-state index >= 15 is 0 Å². The second kappa shape index (κ2) is 9.63. The Morgan fingerprint density at radius 1 is 1.28 bits per heavy atom. The van der Waals surface area contributed by atoms with Gasteiger partial charge in [0.2, 0.25) is 0 Å². The molecule has 2 rings (SSSR count). The van der Waals surface area contributed by atoms with Gasteiger partial charge in [-0.2, -0.15) is 5.10 Å². The minimum Gasteiger partial charge on any atom is -0.492 e. The number of hydrogen-bond donors (Lipinski definition) is 2. The Labute approximate surface area is 148 Å². The predicted octanol–water partition coefficient (Wildman–Crippen LogP) is 0.621. The van der Waals surface area contributed by atoms with Gasteiger partial charge in [-0.1, -0.05) is 12.1 Å². The molecule has 0 unspecified atom stereocenters. The van der Waals surface area contributed by atoms with Gasteiger partial charge < -0.3 is 20.3 Å². The Kier molecular flexibility index (Phi) is 7.21. The van der Waals surface area contributed by atoms with Gasteiger partial charge in [0.25, 0.3) is 0 Å². The molecule has 0 amide bonds. The van der Waals surface area contributed by atoms with Gasteiger partial charge in [0.1, 0.15) is 24.5 Å². The highest BCUT2D eigenvalue weighted by atomic mass is 16.5. The van der Waals surface area contributed by atoms with Crippen LogP contribution in [0.1, 0.15) is 11.4 Å². The number of benzene rings is 1. The SMILES string of the molecule is CN=C(NCc1cccc(OCCN(C)C)c1)NCc1ncnn1C. The van der Waals surface area contributed by atoms with E-state index in [9.17, 15) is 0 Å². The number of aryl methyl sites for hydroxylation is 1. The molecule has 0 aliphatic carbocycles. The van der Waals surface area contributed by atoms with Gasteiger partial charge in [0.05, 0.1) is 6.54 Å². The maximum Gasteiger partial charge on any atom is 0.191 e. The molecule has 1 heterocycles. The standard InChI is InChI=1S/C17H27N7O/c1-18-17(20-12-16-21-13-22-24(16)4)19-11-14-6-5-7-15(10-14)25-9-8-23(2)3/h5-7,10,13H,8-9,11-12H2,1-4H3,(H2,18,19,20). The van der Waals surface area contributed by atoms with Crippen LogP contribution in [0, 0.1) is 0 Å². The molecule has 0 aliphatic rings. The molecule has 136 valence electrons. The van der Waals surface area contributed by atoms with Crippen LogP contribution < -0.4 is 15.4 Å². The molecule has 0 saturated heterocycles. The molecule has 0 fully saturated rings. The van der Waals surface area contributed by atoms with Crippen molar-refractivity contribution in [3.63, 3.8) is 0 Å². The summed E-state index contributed by atoms with van der Waals surface area (Å²) in [7, 11) is 7.67. The van der Waals surface area contributed by atoms with E-state index in [2.05, 4.69) is 36.7 Å². The first-order valence-corrected chi connectivity index (χ1v) is 8.22. The maximum absolute atomic E-state index is 5.77. The van der Waals surface area contributed by atoms with Crippen molar-refractivity contribution in [2.75, 3.05) is 34.3 Å². The Balaban J connectivity index is 1.81. The van der Waals surface area contributed by atoms with Gasteiger partial charge in [-0.15, -0.1) is 0 Å². The molecule has 0 bridgehead atoms. The van der Waals surface area contributed by atoms with Gasteiger partial charge in [0, 0.05) is 27.2 Å². The van der Waals surface area contributed by atoms with Gasteiger partial charge >= 0.3 is 0 Å². The minimum absolute atomic E-state index is 0.559. The highest BCUT2D eigenvalue weighted by Crippen LogP contribution is 2.13. The van der Waals surface area contributed by atoms with E-state index in [1.165, 1.54) is 6.33 Å². The van der Waals surface area contributed by atoms with Gasteiger partial charge in [-0.3, -0.25) is 9.67 Å². The Morgan fingerprint density at radius 3 is 2.76 bits per heavy atom. The van der Waals surface area contributed by atoms with Crippen molar-refractivity contribution in [2.24, 2.45) is 12.0 Å². The van der Waals surface area contributed by atoms with Crippen molar-refractivity contribution in [1.82, 2.24) is 30.3 Å². The average Bonchev–Trinajstić information content (AvgIpc) is 3.00. The van der Waals surface area contributed by atoms with Gasteiger partial charge in [-0.05, 0) is 31.8 Å². The van der Waals surface area contributed by atoms with Crippen LogP contribution in [0.25, 0.3) is 0 Å². The summed E-state index contributed by atoms with van der Waals surface area (Å²) in [5, 5.41) is 10.6. The summed E-state index contributed by atoms with van der Waals surface area (Å²) in [6.45, 7) is 2.78. The lowest BCUT2D eigenvalue weighted by Gasteiger charge is -2.13. The van der Waals surface area contributed by atoms with Crippen molar-refractivity contribution < 1.29 is 4.74 Å². The lowest BCUT2D eigenvalue weighted by atomic mass is 10.2. The summed E-state index contributed by atoms with van der Waals surface area (Å²) in [6.07, 6.45) is 1.54. The van der Waals surface area contributed by atoms with E-state index in [-0.39, 0.29) is 0 Å². The maximum atomic E-state index is 5.77. The molecule has 2 aromatic rings. The summed E-state index contributed by atoms with van der Waals surface area (Å²) in [5.74, 6) is 2.43. The molecule has 1 aromatic heterocycles. The highest BCUT2D eigenvalue weighted by Gasteiger charge is 2.03. The zero-order chi connectivity index (χ0) is 18.1. The summed E-state index contributed by atoms with van der Waals surface area (Å²) in [5.41, 5.74) is 1.13. The molecule has 0 atom stereocenters. The van der Waals surface area contributed by atoms with E-state index in [0.29, 0.717) is 25.7 Å². The first-order chi connectivity index (χ1) is 12.1. The predicted molar refractivity (Wildman–Crippen MR) is 98.5 cm³/mol. The largest absolute Gasteiger partial charge is 0.492 e. The molecule has 8 heteroatoms. The monoisotopic (exact) mass is 345 g/mol. The summed E-state index contributed by atoms with van der Waals surface area (Å²) in [4.78, 5) is 10.5. The summed E-state index contributed by atoms with van der Waals surface area (Å²) in [6, 6.07) is 8.07. The zero-order valence-electron chi connectivity index (χ0n) is 15.4. The van der Waals surface area contributed by atoms with E-state index < -0.39 is 0 Å². The van der Waals surface area contributed by atoms with Crippen LogP contribution in [0.2, 0.25) is 0 Å². The van der Waals surface area contributed by atoms with Crippen LogP contribution in [-0.2, 0) is 20.1 Å². The summed E-state index contributed by atoms with van der Waals surface area (Å²) >= 11 is 0. The zero-order valence-corrected chi connectivity index (χ0v) is 15.4. The Bertz CT molecular complexity index is 681. The molecular formula is C17H27N7O. The molecule has 2 N–H and O–H groups in total. The second-order valence-electron chi connectivity index (χ2n) is 5.88. The van der Waals surface area contributed by atoms with Gasteiger partial charge in [-0.25, -0.2) is 4.98 Å². The number of nitrogens with one attached hydrogen (secondary N) is 2. The van der Waals surface area contributed by atoms with E-state index in [0.717, 1.165) is 23.7 Å². The molecule has 0 saturated carbocycles. The van der Waals surface area contributed by atoms with Crippen molar-refractivity contribution >= 4 is 5.96 Å². The number of guanidine groups is 1. The lowest BCUT2D eigenvalue weighted by Crippen LogP contribution is -2.36. The van der Waals surface area contributed by atoms with Gasteiger partial charge in [0.15, 0.2) is 5.96 Å². The molecule has 1 aromatic carbocycles. The van der Waals surface area contributed by atoms with Crippen molar-refractivity contribution in [1.29, 1.82) is 0 Å². The normalized spacial score (nSPS) is 11.6. The van der Waals surface area contributed by atoms with Crippen LogP contribution >= 0.6 is 0 Å². The molecule has 0 aliphatic heterocycles. The fourth-order valence-electron chi connectivity index (χ4n) is 2.14. The average molecular weight is 345 g/mol. The Morgan fingerprint density at radius 2 is 2.08 bits per heavy atom. The number of hydrogen-bond acceptors (Lipinski definition) is 5. The topological polar surface area (TPSA) is 79.6 Å². The highest BCUT2D eigenvalue weighted by molar-refractivity contribution is 5.79. The van der Waals surface area contributed by atoms with Crippen molar-refractivity contribution in [3.05, 3.63) is 42.0 Å². The third-order valence-corrected chi connectivity index (χ3v) is 3.61. The van der Waals surface area contributed by atoms with Crippen molar-refractivity contribution in [2.45, 2.75) is 13.1 Å². The first-order valence-electron chi connectivity index (χ1n) is 8.22. The minimum atomic E-state index is 0.559. The van der Waals surface area contributed by atoms with E-state index in [1.807, 2.05) is 39.3 Å². The van der Waals surface area contributed by atoms with E-state index in [1.54, 1.807) is 11.7 Å². The number of rotatable bonds is 8. The lowest BCUT2D eigenvalue weighted by molar-refractivity contribution is 0.261. The first kappa shape index (κ1) is 18.7. The number of nitrogens with zero attached hydrogens (tertiary/aromatic N) is 5. The third-order valence-electron chi connectivity index (χ3n) is 3.61. The van der Waals surface area contributed by atoms with Crippen LogP contribution in [0.5, 0.6) is 5.75 Å². The number of likely N-dealkylation sites (N-methyl/N-ethyl adjacent to an activating group) is 1. The third kappa shape index (κ3) is 6.42. The fourth-order valence-corrected chi connectivity index (χ4v) is 2.14. The number of ether oxygens (including phenoxy) is 1. The molecule has 0 radical (unpaired) electrons. The quantitative estimate of drug-likeness (QED) is 0.539. The smallest absolute Gasteiger partial charge is 0.191 e. The number of aliphatic imine (C=N–C) groups is 1. The summed E-state index contributed by atoms with van der Waals surface area (Å²) < 4.78 is 7.50.